The lowest BCUT2D eigenvalue weighted by Gasteiger charge is -2.25. The highest BCUT2D eigenvalue weighted by Gasteiger charge is 2.35. The molecule has 2 aromatic rings. The number of para-hydroxylation sites is 1. The first-order valence-electron chi connectivity index (χ1n) is 10.3. The van der Waals surface area contributed by atoms with Gasteiger partial charge in [0, 0.05) is 12.1 Å². The Balaban J connectivity index is 1.64. The molecule has 30 heavy (non-hydrogen) atoms. The molecule has 1 aliphatic heterocycles. The van der Waals surface area contributed by atoms with E-state index >= 15 is 0 Å². The largest absolute Gasteiger partial charge is 0.493 e. The summed E-state index contributed by atoms with van der Waals surface area (Å²) < 4.78 is 5.55. The van der Waals surface area contributed by atoms with Gasteiger partial charge >= 0.3 is 0 Å². The second-order valence-electron chi connectivity index (χ2n) is 7.08. The number of ether oxygens (including phenoxy) is 1. The number of benzene rings is 2. The third kappa shape index (κ3) is 4.79. The van der Waals surface area contributed by atoms with Gasteiger partial charge in [-0.15, -0.1) is 0 Å². The van der Waals surface area contributed by atoms with Crippen LogP contribution in [0.2, 0.25) is 0 Å². The Kier molecular flexibility index (Phi) is 7.06. The summed E-state index contributed by atoms with van der Waals surface area (Å²) >= 11 is 0. The number of nitrogens with zero attached hydrogens (tertiary/aromatic N) is 1. The number of aryl methyl sites for hydroxylation is 1. The summed E-state index contributed by atoms with van der Waals surface area (Å²) in [6, 6.07) is 13.6. The summed E-state index contributed by atoms with van der Waals surface area (Å²) in [6.07, 6.45) is 2.14. The maximum atomic E-state index is 13.1. The molecule has 0 bridgehead atoms. The van der Waals surface area contributed by atoms with Crippen molar-refractivity contribution in [3.05, 3.63) is 65.2 Å². The zero-order chi connectivity index (χ0) is 21.5. The minimum absolute atomic E-state index is 0.252. The lowest BCUT2D eigenvalue weighted by atomic mass is 10.1. The number of amides is 3. The molecule has 0 aliphatic carbocycles. The molecule has 0 aromatic heterocycles. The molecule has 158 valence electrons. The predicted octanol–water partition coefficient (Wildman–Crippen LogP) is 2.71. The smallest absolute Gasteiger partial charge is 0.269 e. The van der Waals surface area contributed by atoms with Crippen molar-refractivity contribution in [2.45, 2.75) is 39.2 Å². The van der Waals surface area contributed by atoms with Crippen molar-refractivity contribution in [2.24, 2.45) is 0 Å². The summed E-state index contributed by atoms with van der Waals surface area (Å²) in [6.45, 7) is 4.81. The standard InChI is InChI=1S/C23H27N3O4/c1-3-16-11-13-17(14-12-16)21(27)24-25-22(28)19-9-7-15-26(19)23(29)18-8-5-6-10-20(18)30-4-2/h5-6,8,10-14,19H,3-4,7,9,15H2,1-2H3,(H,24,27)(H,25,28). The molecule has 0 radical (unpaired) electrons. The van der Waals surface area contributed by atoms with Gasteiger partial charge in [-0.05, 0) is 56.0 Å². The molecule has 2 aromatic carbocycles. The van der Waals surface area contributed by atoms with E-state index in [4.69, 9.17) is 4.74 Å². The molecule has 1 unspecified atom stereocenters. The third-order valence-electron chi connectivity index (χ3n) is 5.16. The molecule has 1 fully saturated rings. The fraction of sp³-hybridized carbons (Fsp3) is 0.348. The van der Waals surface area contributed by atoms with Gasteiger partial charge in [-0.1, -0.05) is 31.2 Å². The average molecular weight is 409 g/mol. The Morgan fingerprint density at radius 1 is 1.03 bits per heavy atom. The summed E-state index contributed by atoms with van der Waals surface area (Å²) in [4.78, 5) is 39.6. The molecule has 1 saturated heterocycles. The quantitative estimate of drug-likeness (QED) is 0.718. The fourth-order valence-electron chi connectivity index (χ4n) is 3.53. The number of rotatable bonds is 6. The van der Waals surface area contributed by atoms with E-state index in [0.717, 1.165) is 12.0 Å². The van der Waals surface area contributed by atoms with Gasteiger partial charge in [-0.2, -0.15) is 0 Å². The molecule has 7 nitrogen and oxygen atoms in total. The molecule has 3 rings (SSSR count). The maximum Gasteiger partial charge on any atom is 0.269 e. The molecule has 2 N–H and O–H groups in total. The van der Waals surface area contributed by atoms with Crippen LogP contribution < -0.4 is 15.6 Å². The topological polar surface area (TPSA) is 87.7 Å². The van der Waals surface area contributed by atoms with E-state index in [1.54, 1.807) is 36.4 Å². The number of likely N-dealkylation sites (tertiary alicyclic amines) is 1. The van der Waals surface area contributed by atoms with E-state index < -0.39 is 17.9 Å². The second kappa shape index (κ2) is 9.91. The Hall–Kier alpha value is -3.35. The van der Waals surface area contributed by atoms with Crippen molar-refractivity contribution in [2.75, 3.05) is 13.2 Å². The number of hydrogen-bond acceptors (Lipinski definition) is 4. The number of nitrogens with one attached hydrogen (secondary N) is 2. The molecular weight excluding hydrogens is 382 g/mol. The average Bonchev–Trinajstić information content (AvgIpc) is 3.27. The Morgan fingerprint density at radius 3 is 2.47 bits per heavy atom. The Bertz CT molecular complexity index is 911. The van der Waals surface area contributed by atoms with Gasteiger partial charge in [0.15, 0.2) is 0 Å². The summed E-state index contributed by atoms with van der Waals surface area (Å²) in [5.41, 5.74) is 6.92. The van der Waals surface area contributed by atoms with Gasteiger partial charge in [-0.3, -0.25) is 25.2 Å². The normalized spacial score (nSPS) is 15.5. The van der Waals surface area contributed by atoms with Crippen LogP contribution in [0, 0.1) is 0 Å². The first kappa shape index (κ1) is 21.4. The molecular formula is C23H27N3O4. The highest BCUT2D eigenvalue weighted by atomic mass is 16.5. The summed E-state index contributed by atoms with van der Waals surface area (Å²) in [5, 5.41) is 0. The van der Waals surface area contributed by atoms with Crippen molar-refractivity contribution < 1.29 is 19.1 Å². The van der Waals surface area contributed by atoms with Crippen LogP contribution >= 0.6 is 0 Å². The Morgan fingerprint density at radius 2 is 1.77 bits per heavy atom. The summed E-state index contributed by atoms with van der Waals surface area (Å²) in [7, 11) is 0. The number of hydrazine groups is 1. The number of hydrogen-bond donors (Lipinski definition) is 2. The van der Waals surface area contributed by atoms with Crippen LogP contribution in [-0.4, -0.2) is 41.8 Å². The van der Waals surface area contributed by atoms with E-state index in [0.29, 0.717) is 42.9 Å². The van der Waals surface area contributed by atoms with Crippen LogP contribution in [0.25, 0.3) is 0 Å². The van der Waals surface area contributed by atoms with Crippen LogP contribution in [0.4, 0.5) is 0 Å². The minimum atomic E-state index is -0.644. The highest BCUT2D eigenvalue weighted by molar-refractivity contribution is 6.00. The first-order valence-corrected chi connectivity index (χ1v) is 10.3. The lowest BCUT2D eigenvalue weighted by Crippen LogP contribution is -2.51. The van der Waals surface area contributed by atoms with E-state index in [1.807, 2.05) is 26.0 Å². The molecule has 1 atom stereocenters. The lowest BCUT2D eigenvalue weighted by molar-refractivity contribution is -0.125. The van der Waals surface area contributed by atoms with Crippen LogP contribution in [0.15, 0.2) is 48.5 Å². The zero-order valence-corrected chi connectivity index (χ0v) is 17.3. The van der Waals surface area contributed by atoms with Gasteiger partial charge in [0.2, 0.25) is 0 Å². The zero-order valence-electron chi connectivity index (χ0n) is 17.3. The van der Waals surface area contributed by atoms with Gasteiger partial charge in [0.1, 0.15) is 11.8 Å². The molecule has 1 aliphatic rings. The van der Waals surface area contributed by atoms with Crippen LogP contribution in [0.1, 0.15) is 53.0 Å². The SMILES string of the molecule is CCOc1ccccc1C(=O)N1CCCC1C(=O)NNC(=O)c1ccc(CC)cc1. The monoisotopic (exact) mass is 409 g/mol. The maximum absolute atomic E-state index is 13.1. The molecule has 0 saturated carbocycles. The fourth-order valence-corrected chi connectivity index (χ4v) is 3.53. The van der Waals surface area contributed by atoms with Gasteiger partial charge < -0.3 is 9.64 Å². The van der Waals surface area contributed by atoms with E-state index in [-0.39, 0.29) is 5.91 Å². The molecule has 3 amide bonds. The highest BCUT2D eigenvalue weighted by Crippen LogP contribution is 2.25. The van der Waals surface area contributed by atoms with E-state index in [9.17, 15) is 14.4 Å². The minimum Gasteiger partial charge on any atom is -0.493 e. The second-order valence-corrected chi connectivity index (χ2v) is 7.08. The van der Waals surface area contributed by atoms with Gasteiger partial charge in [-0.25, -0.2) is 0 Å². The van der Waals surface area contributed by atoms with Crippen molar-refractivity contribution in [3.8, 4) is 5.75 Å². The molecule has 1 heterocycles. The van der Waals surface area contributed by atoms with E-state index in [1.165, 1.54) is 4.90 Å². The van der Waals surface area contributed by atoms with Crippen LogP contribution in [0.5, 0.6) is 5.75 Å². The van der Waals surface area contributed by atoms with E-state index in [2.05, 4.69) is 10.9 Å². The van der Waals surface area contributed by atoms with Gasteiger partial charge in [0.25, 0.3) is 17.7 Å². The Labute approximate surface area is 176 Å². The summed E-state index contributed by atoms with van der Waals surface area (Å²) in [5.74, 6) is -0.560. The van der Waals surface area contributed by atoms with Gasteiger partial charge in [0.05, 0.1) is 12.2 Å². The molecule has 7 heteroatoms. The number of carbonyl (C=O) groups excluding carboxylic acids is 3. The van der Waals surface area contributed by atoms with Crippen molar-refractivity contribution in [1.29, 1.82) is 0 Å². The van der Waals surface area contributed by atoms with Crippen molar-refractivity contribution in [3.63, 3.8) is 0 Å². The van der Waals surface area contributed by atoms with Crippen LogP contribution in [-0.2, 0) is 11.2 Å². The first-order chi connectivity index (χ1) is 14.5. The molecule has 0 spiro atoms. The van der Waals surface area contributed by atoms with Crippen LogP contribution in [0.3, 0.4) is 0 Å². The predicted molar refractivity (Wildman–Crippen MR) is 113 cm³/mol. The third-order valence-corrected chi connectivity index (χ3v) is 5.16. The van der Waals surface area contributed by atoms with Crippen molar-refractivity contribution in [1.82, 2.24) is 15.8 Å². The van der Waals surface area contributed by atoms with Crippen molar-refractivity contribution >= 4 is 17.7 Å². The number of carbonyl (C=O) groups is 3.